The van der Waals surface area contributed by atoms with Crippen molar-refractivity contribution >= 4 is 23.4 Å². The molecule has 134 valence electrons. The second-order valence-electron chi connectivity index (χ2n) is 5.82. The van der Waals surface area contributed by atoms with Gasteiger partial charge in [0.1, 0.15) is 17.2 Å². The highest BCUT2D eigenvalue weighted by atomic mass is 16.5. The highest BCUT2D eigenvalue weighted by molar-refractivity contribution is 6.04. The summed E-state index contributed by atoms with van der Waals surface area (Å²) in [5, 5.41) is 9.58. The first-order chi connectivity index (χ1) is 12.4. The van der Waals surface area contributed by atoms with Gasteiger partial charge in [-0.3, -0.25) is 4.79 Å². The summed E-state index contributed by atoms with van der Waals surface area (Å²) < 4.78 is 10.3. The molecule has 0 bridgehead atoms. The summed E-state index contributed by atoms with van der Waals surface area (Å²) in [6.07, 6.45) is 0. The third-order valence-corrected chi connectivity index (χ3v) is 3.56. The lowest BCUT2D eigenvalue weighted by atomic mass is 10.2. The van der Waals surface area contributed by atoms with Gasteiger partial charge in [0.2, 0.25) is 5.95 Å². The molecule has 0 fully saturated rings. The molecule has 1 amide bonds. The Hall–Kier alpha value is -3.42. The van der Waals surface area contributed by atoms with Crippen LogP contribution in [0.2, 0.25) is 0 Å². The standard InChI is InChI=1S/C18H19N5O3/c1-10-5-6-15(25-4)13(7-10)20-17(24)14-8-11(2)19-18(21-14)22-16-9-12(3)26-23-16/h5-9H,1-4H3,(H,20,24)(H,19,21,22,23). The number of amides is 1. The van der Waals surface area contributed by atoms with Gasteiger partial charge in [-0.25, -0.2) is 9.97 Å². The van der Waals surface area contributed by atoms with Crippen molar-refractivity contribution in [3.63, 3.8) is 0 Å². The average molecular weight is 353 g/mol. The van der Waals surface area contributed by atoms with Crippen LogP contribution in [-0.2, 0) is 0 Å². The molecule has 0 saturated carbocycles. The van der Waals surface area contributed by atoms with Crippen LogP contribution in [0.3, 0.4) is 0 Å². The number of hydrogen-bond acceptors (Lipinski definition) is 7. The van der Waals surface area contributed by atoms with Gasteiger partial charge in [-0.2, -0.15) is 0 Å². The molecular weight excluding hydrogens is 334 g/mol. The number of hydrogen-bond donors (Lipinski definition) is 2. The molecule has 2 aromatic heterocycles. The van der Waals surface area contributed by atoms with Crippen molar-refractivity contribution in [1.82, 2.24) is 15.1 Å². The zero-order valence-corrected chi connectivity index (χ0v) is 15.0. The first kappa shape index (κ1) is 17.4. The fourth-order valence-corrected chi connectivity index (χ4v) is 2.39. The fourth-order valence-electron chi connectivity index (χ4n) is 2.39. The van der Waals surface area contributed by atoms with Crippen LogP contribution < -0.4 is 15.4 Å². The lowest BCUT2D eigenvalue weighted by Crippen LogP contribution is -2.16. The summed E-state index contributed by atoms with van der Waals surface area (Å²) in [6, 6.07) is 8.86. The van der Waals surface area contributed by atoms with Crippen LogP contribution in [0.4, 0.5) is 17.5 Å². The van der Waals surface area contributed by atoms with E-state index in [-0.39, 0.29) is 17.5 Å². The van der Waals surface area contributed by atoms with Crippen LogP contribution in [0.25, 0.3) is 0 Å². The Balaban J connectivity index is 1.84. The molecule has 2 heterocycles. The molecule has 8 nitrogen and oxygen atoms in total. The molecule has 0 aliphatic carbocycles. The average Bonchev–Trinajstić information content (AvgIpc) is 2.99. The Bertz CT molecular complexity index is 952. The molecule has 3 rings (SSSR count). The third kappa shape index (κ3) is 3.97. The maximum atomic E-state index is 12.6. The summed E-state index contributed by atoms with van der Waals surface area (Å²) in [4.78, 5) is 21.2. The molecule has 0 radical (unpaired) electrons. The van der Waals surface area contributed by atoms with Gasteiger partial charge in [0.25, 0.3) is 5.91 Å². The Kier molecular flexibility index (Phi) is 4.83. The predicted molar refractivity (Wildman–Crippen MR) is 97.0 cm³/mol. The Labute approximate surface area is 150 Å². The Morgan fingerprint density at radius 3 is 2.62 bits per heavy atom. The van der Waals surface area contributed by atoms with Gasteiger partial charge in [-0.1, -0.05) is 11.2 Å². The molecule has 3 aromatic rings. The van der Waals surface area contributed by atoms with Crippen molar-refractivity contribution in [2.75, 3.05) is 17.7 Å². The van der Waals surface area contributed by atoms with Crippen LogP contribution in [-0.4, -0.2) is 28.1 Å². The van der Waals surface area contributed by atoms with E-state index < -0.39 is 0 Å². The SMILES string of the molecule is COc1ccc(C)cc1NC(=O)c1cc(C)nc(Nc2cc(C)on2)n1. The topological polar surface area (TPSA) is 102 Å². The molecule has 1 aromatic carbocycles. The van der Waals surface area contributed by atoms with E-state index in [1.807, 2.05) is 19.1 Å². The van der Waals surface area contributed by atoms with E-state index in [0.29, 0.717) is 28.7 Å². The number of carbonyl (C=O) groups excluding carboxylic acids is 1. The summed E-state index contributed by atoms with van der Waals surface area (Å²) >= 11 is 0. The minimum atomic E-state index is -0.362. The van der Waals surface area contributed by atoms with E-state index in [9.17, 15) is 4.79 Å². The van der Waals surface area contributed by atoms with Crippen molar-refractivity contribution in [2.24, 2.45) is 0 Å². The van der Waals surface area contributed by atoms with Crippen molar-refractivity contribution in [2.45, 2.75) is 20.8 Å². The Morgan fingerprint density at radius 2 is 1.92 bits per heavy atom. The first-order valence-corrected chi connectivity index (χ1v) is 7.96. The second kappa shape index (κ2) is 7.22. The summed E-state index contributed by atoms with van der Waals surface area (Å²) in [6.45, 7) is 5.50. The van der Waals surface area contributed by atoms with Crippen LogP contribution in [0.5, 0.6) is 5.75 Å². The zero-order valence-electron chi connectivity index (χ0n) is 15.0. The summed E-state index contributed by atoms with van der Waals surface area (Å²) in [7, 11) is 1.55. The van der Waals surface area contributed by atoms with Gasteiger partial charge < -0.3 is 19.9 Å². The lowest BCUT2D eigenvalue weighted by Gasteiger charge is -2.11. The normalized spacial score (nSPS) is 10.5. The number of nitrogens with zero attached hydrogens (tertiary/aromatic N) is 3. The van der Waals surface area contributed by atoms with Crippen molar-refractivity contribution in [3.05, 3.63) is 53.0 Å². The van der Waals surface area contributed by atoms with Gasteiger partial charge >= 0.3 is 0 Å². The number of methoxy groups -OCH3 is 1. The van der Waals surface area contributed by atoms with Gasteiger partial charge in [0.05, 0.1) is 12.8 Å². The second-order valence-corrected chi connectivity index (χ2v) is 5.82. The van der Waals surface area contributed by atoms with Crippen molar-refractivity contribution in [1.29, 1.82) is 0 Å². The number of nitrogens with one attached hydrogen (secondary N) is 2. The van der Waals surface area contributed by atoms with E-state index >= 15 is 0 Å². The quantitative estimate of drug-likeness (QED) is 0.725. The maximum absolute atomic E-state index is 12.6. The highest BCUT2D eigenvalue weighted by Gasteiger charge is 2.14. The first-order valence-electron chi connectivity index (χ1n) is 7.96. The van der Waals surface area contributed by atoms with Crippen LogP contribution in [0.1, 0.15) is 27.5 Å². The van der Waals surface area contributed by atoms with Crippen molar-refractivity contribution in [3.8, 4) is 5.75 Å². The molecule has 0 spiro atoms. The minimum absolute atomic E-state index is 0.226. The number of anilines is 3. The van der Waals surface area contributed by atoms with Crippen LogP contribution in [0, 0.1) is 20.8 Å². The molecule has 0 saturated heterocycles. The van der Waals surface area contributed by atoms with Crippen LogP contribution >= 0.6 is 0 Å². The van der Waals surface area contributed by atoms with E-state index in [4.69, 9.17) is 9.26 Å². The van der Waals surface area contributed by atoms with E-state index in [0.717, 1.165) is 5.56 Å². The van der Waals surface area contributed by atoms with Crippen molar-refractivity contribution < 1.29 is 14.1 Å². The number of aromatic nitrogens is 3. The fraction of sp³-hybridized carbons (Fsp3) is 0.222. The molecule has 2 N–H and O–H groups in total. The van der Waals surface area contributed by atoms with Gasteiger partial charge in [-0.15, -0.1) is 0 Å². The van der Waals surface area contributed by atoms with Gasteiger partial charge in [0.15, 0.2) is 5.82 Å². The predicted octanol–water partition coefficient (Wildman–Crippen LogP) is 3.39. The maximum Gasteiger partial charge on any atom is 0.274 e. The molecule has 0 atom stereocenters. The minimum Gasteiger partial charge on any atom is -0.495 e. The van der Waals surface area contributed by atoms with Gasteiger partial charge in [0, 0.05) is 11.8 Å². The number of aryl methyl sites for hydroxylation is 3. The molecule has 0 aliphatic rings. The number of ether oxygens (including phenoxy) is 1. The highest BCUT2D eigenvalue weighted by Crippen LogP contribution is 2.25. The monoisotopic (exact) mass is 353 g/mol. The number of benzene rings is 1. The van der Waals surface area contributed by atoms with E-state index in [2.05, 4.69) is 25.8 Å². The lowest BCUT2D eigenvalue weighted by molar-refractivity contribution is 0.102. The van der Waals surface area contributed by atoms with E-state index in [1.165, 1.54) is 0 Å². The zero-order chi connectivity index (χ0) is 18.7. The summed E-state index contributed by atoms with van der Waals surface area (Å²) in [5.74, 6) is 1.61. The number of rotatable bonds is 5. The Morgan fingerprint density at radius 1 is 1.12 bits per heavy atom. The molecular formula is C18H19N5O3. The molecule has 26 heavy (non-hydrogen) atoms. The largest absolute Gasteiger partial charge is 0.495 e. The van der Waals surface area contributed by atoms with Gasteiger partial charge in [-0.05, 0) is 44.5 Å². The third-order valence-electron chi connectivity index (χ3n) is 3.56. The molecule has 0 unspecified atom stereocenters. The smallest absolute Gasteiger partial charge is 0.274 e. The summed E-state index contributed by atoms with van der Waals surface area (Å²) in [5.41, 5.74) is 2.45. The van der Waals surface area contributed by atoms with Crippen LogP contribution in [0.15, 0.2) is 34.9 Å². The van der Waals surface area contributed by atoms with E-state index in [1.54, 1.807) is 39.2 Å². The number of carbonyl (C=O) groups is 1. The molecule has 0 aliphatic heterocycles. The molecule has 8 heteroatoms.